The van der Waals surface area contributed by atoms with Gasteiger partial charge in [-0.3, -0.25) is 9.63 Å². The summed E-state index contributed by atoms with van der Waals surface area (Å²) in [5.41, 5.74) is 2.79. The van der Waals surface area contributed by atoms with Gasteiger partial charge in [-0.05, 0) is 49.6 Å². The van der Waals surface area contributed by atoms with Crippen LogP contribution in [0.2, 0.25) is 0 Å². The summed E-state index contributed by atoms with van der Waals surface area (Å²) < 4.78 is 23.8. The predicted molar refractivity (Wildman–Crippen MR) is 98.0 cm³/mol. The molecule has 138 valence electrons. The highest BCUT2D eigenvalue weighted by Crippen LogP contribution is 2.33. The molecule has 1 aliphatic heterocycles. The number of rotatable bonds is 5. The van der Waals surface area contributed by atoms with Gasteiger partial charge in [0, 0.05) is 12.1 Å². The van der Waals surface area contributed by atoms with E-state index in [-0.39, 0.29) is 16.8 Å². The Morgan fingerprint density at radius 3 is 2.38 bits per heavy atom. The minimum absolute atomic E-state index is 0.0485. The average molecular weight is 374 g/mol. The Balaban J connectivity index is 1.81. The third kappa shape index (κ3) is 3.80. The Labute approximate surface area is 153 Å². The number of sulfonamides is 1. The molecule has 1 fully saturated rings. The first-order chi connectivity index (χ1) is 12.4. The Morgan fingerprint density at radius 2 is 1.77 bits per heavy atom. The van der Waals surface area contributed by atoms with Crippen molar-refractivity contribution in [1.29, 1.82) is 0 Å². The highest BCUT2D eigenvalue weighted by Gasteiger charge is 2.30. The molecule has 1 atom stereocenters. The second kappa shape index (κ2) is 7.57. The summed E-state index contributed by atoms with van der Waals surface area (Å²) in [6.07, 6.45) is 1.88. The van der Waals surface area contributed by atoms with Crippen LogP contribution in [-0.4, -0.2) is 32.9 Å². The van der Waals surface area contributed by atoms with Crippen LogP contribution in [-0.2, 0) is 14.9 Å². The van der Waals surface area contributed by atoms with Gasteiger partial charge in [-0.25, -0.2) is 8.42 Å². The summed E-state index contributed by atoms with van der Waals surface area (Å²) >= 11 is 0. The van der Waals surface area contributed by atoms with Crippen LogP contribution in [0.25, 0.3) is 0 Å². The second-order valence-electron chi connectivity index (χ2n) is 6.38. The molecule has 1 amide bonds. The lowest BCUT2D eigenvalue weighted by Crippen LogP contribution is -2.30. The van der Waals surface area contributed by atoms with E-state index < -0.39 is 10.0 Å². The van der Waals surface area contributed by atoms with Crippen LogP contribution < -0.4 is 4.89 Å². The van der Waals surface area contributed by atoms with Crippen molar-refractivity contribution in [2.75, 3.05) is 13.7 Å². The Hall–Kier alpha value is -2.22. The lowest BCUT2D eigenvalue weighted by molar-refractivity contribution is 0.0735. The van der Waals surface area contributed by atoms with Crippen molar-refractivity contribution < 1.29 is 18.0 Å². The molecule has 6 nitrogen and oxygen atoms in total. The van der Waals surface area contributed by atoms with Crippen LogP contribution in [0.5, 0.6) is 0 Å². The zero-order chi connectivity index (χ0) is 18.7. The highest BCUT2D eigenvalue weighted by molar-refractivity contribution is 7.89. The molecule has 1 N–H and O–H groups in total. The smallest absolute Gasteiger partial charge is 0.262 e. The summed E-state index contributed by atoms with van der Waals surface area (Å²) in [5, 5.41) is 0. The number of hydrogen-bond donors (Lipinski definition) is 1. The summed E-state index contributed by atoms with van der Waals surface area (Å²) in [6.45, 7) is 2.73. The van der Waals surface area contributed by atoms with Crippen molar-refractivity contribution >= 4 is 15.9 Å². The number of likely N-dealkylation sites (tertiary alicyclic amines) is 1. The van der Waals surface area contributed by atoms with E-state index in [0.717, 1.165) is 18.4 Å². The molecule has 1 unspecified atom stereocenters. The number of hydrogen-bond acceptors (Lipinski definition) is 4. The standard InChI is InChI=1S/C19H22N2O4S/c1-14-5-7-15(8-6-14)18-4-3-13-21(18)19(22)16-9-11-17(12-10-16)26(23,24)20-25-2/h5-12,18,20H,3-4,13H2,1-2H3. The van der Waals surface area contributed by atoms with Crippen molar-refractivity contribution in [1.82, 2.24) is 9.79 Å². The first kappa shape index (κ1) is 18.6. The number of nitrogens with zero attached hydrogens (tertiary/aromatic N) is 1. The van der Waals surface area contributed by atoms with Gasteiger partial charge in [0.25, 0.3) is 15.9 Å². The lowest BCUT2D eigenvalue weighted by Gasteiger charge is -2.25. The molecule has 7 heteroatoms. The van der Waals surface area contributed by atoms with Crippen molar-refractivity contribution in [2.24, 2.45) is 0 Å². The Morgan fingerprint density at radius 1 is 1.12 bits per heavy atom. The van der Waals surface area contributed by atoms with E-state index in [2.05, 4.69) is 29.1 Å². The third-order valence-corrected chi connectivity index (χ3v) is 5.86. The third-order valence-electron chi connectivity index (χ3n) is 4.58. The van der Waals surface area contributed by atoms with Gasteiger partial charge in [-0.2, -0.15) is 0 Å². The number of amides is 1. The summed E-state index contributed by atoms with van der Waals surface area (Å²) in [5.74, 6) is -0.0864. The quantitative estimate of drug-likeness (QED) is 0.817. The fraction of sp³-hybridized carbons (Fsp3) is 0.316. The SMILES string of the molecule is CONS(=O)(=O)c1ccc(C(=O)N2CCCC2c2ccc(C)cc2)cc1. The van der Waals surface area contributed by atoms with Crippen LogP contribution in [0.1, 0.15) is 40.4 Å². The number of carbonyl (C=O) groups is 1. The van der Waals surface area contributed by atoms with Crippen molar-refractivity contribution in [3.05, 3.63) is 65.2 Å². The van der Waals surface area contributed by atoms with E-state index in [9.17, 15) is 13.2 Å². The normalized spacial score (nSPS) is 17.5. The molecule has 3 rings (SSSR count). The molecule has 1 saturated heterocycles. The maximum atomic E-state index is 12.9. The highest BCUT2D eigenvalue weighted by atomic mass is 32.2. The molecule has 0 aromatic heterocycles. The van der Waals surface area contributed by atoms with Crippen LogP contribution in [0.4, 0.5) is 0 Å². The van der Waals surface area contributed by atoms with Gasteiger partial charge in [0.05, 0.1) is 18.0 Å². The van der Waals surface area contributed by atoms with E-state index >= 15 is 0 Å². The van der Waals surface area contributed by atoms with E-state index in [1.165, 1.54) is 36.9 Å². The van der Waals surface area contributed by atoms with Gasteiger partial charge in [-0.15, -0.1) is 0 Å². The topological polar surface area (TPSA) is 75.7 Å². The maximum absolute atomic E-state index is 12.9. The number of benzene rings is 2. The molecule has 1 aliphatic rings. The second-order valence-corrected chi connectivity index (χ2v) is 8.03. The molecule has 0 aliphatic carbocycles. The van der Waals surface area contributed by atoms with E-state index in [1.54, 1.807) is 0 Å². The van der Waals surface area contributed by atoms with E-state index in [1.807, 2.05) is 16.7 Å². The van der Waals surface area contributed by atoms with Crippen LogP contribution in [0.3, 0.4) is 0 Å². The minimum atomic E-state index is -3.73. The van der Waals surface area contributed by atoms with E-state index in [0.29, 0.717) is 12.1 Å². The first-order valence-corrected chi connectivity index (χ1v) is 9.93. The molecular weight excluding hydrogens is 352 g/mol. The fourth-order valence-electron chi connectivity index (χ4n) is 3.25. The van der Waals surface area contributed by atoms with Crippen molar-refractivity contribution in [2.45, 2.75) is 30.7 Å². The van der Waals surface area contributed by atoms with Gasteiger partial charge in [-0.1, -0.05) is 34.7 Å². The average Bonchev–Trinajstić information content (AvgIpc) is 3.11. The Kier molecular flexibility index (Phi) is 5.41. The molecule has 1 heterocycles. The summed E-state index contributed by atoms with van der Waals surface area (Å²) in [6, 6.07) is 14.2. The Bertz CT molecular complexity index is 877. The van der Waals surface area contributed by atoms with Gasteiger partial charge < -0.3 is 4.90 Å². The summed E-state index contributed by atoms with van der Waals surface area (Å²) in [4.78, 5) is 21.3. The predicted octanol–water partition coefficient (Wildman–Crippen LogP) is 2.81. The largest absolute Gasteiger partial charge is 0.332 e. The van der Waals surface area contributed by atoms with Gasteiger partial charge in [0.1, 0.15) is 0 Å². The summed E-state index contributed by atoms with van der Waals surface area (Å²) in [7, 11) is -2.50. The number of aryl methyl sites for hydroxylation is 1. The molecule has 2 aromatic rings. The molecular formula is C19H22N2O4S. The van der Waals surface area contributed by atoms with Crippen LogP contribution >= 0.6 is 0 Å². The fourth-order valence-corrected chi connectivity index (χ4v) is 4.06. The van der Waals surface area contributed by atoms with Crippen molar-refractivity contribution in [3.8, 4) is 0 Å². The number of nitrogens with one attached hydrogen (secondary N) is 1. The van der Waals surface area contributed by atoms with Crippen molar-refractivity contribution in [3.63, 3.8) is 0 Å². The minimum Gasteiger partial charge on any atom is -0.332 e. The molecule has 0 saturated carbocycles. The first-order valence-electron chi connectivity index (χ1n) is 8.45. The van der Waals surface area contributed by atoms with Gasteiger partial charge in [0.2, 0.25) is 0 Å². The molecule has 2 aromatic carbocycles. The van der Waals surface area contributed by atoms with Crippen LogP contribution in [0, 0.1) is 6.92 Å². The van der Waals surface area contributed by atoms with E-state index in [4.69, 9.17) is 0 Å². The maximum Gasteiger partial charge on any atom is 0.262 e. The zero-order valence-corrected chi connectivity index (χ0v) is 15.6. The number of carbonyl (C=O) groups excluding carboxylic acids is 1. The molecule has 0 spiro atoms. The molecule has 0 bridgehead atoms. The van der Waals surface area contributed by atoms with Crippen LogP contribution in [0.15, 0.2) is 53.4 Å². The molecule has 26 heavy (non-hydrogen) atoms. The lowest BCUT2D eigenvalue weighted by atomic mass is 10.0. The molecule has 0 radical (unpaired) electrons. The zero-order valence-electron chi connectivity index (χ0n) is 14.8. The van der Waals surface area contributed by atoms with Gasteiger partial charge in [0.15, 0.2) is 0 Å². The van der Waals surface area contributed by atoms with Gasteiger partial charge >= 0.3 is 0 Å². The monoisotopic (exact) mass is 374 g/mol.